The summed E-state index contributed by atoms with van der Waals surface area (Å²) in [5.41, 5.74) is 2.76. The van der Waals surface area contributed by atoms with Crippen LogP contribution in [-0.2, 0) is 0 Å². The molecule has 0 aliphatic carbocycles. The fourth-order valence-electron chi connectivity index (χ4n) is 2.52. The van der Waals surface area contributed by atoms with E-state index in [1.807, 2.05) is 13.8 Å². The first-order valence-electron chi connectivity index (χ1n) is 7.55. The lowest BCUT2D eigenvalue weighted by Crippen LogP contribution is -2.00. The summed E-state index contributed by atoms with van der Waals surface area (Å²) in [4.78, 5) is 12.5. The lowest BCUT2D eigenvalue weighted by molar-refractivity contribution is 0.101. The summed E-state index contributed by atoms with van der Waals surface area (Å²) in [5, 5.41) is 0. The van der Waals surface area contributed by atoms with E-state index in [2.05, 4.69) is 6.58 Å². The molecule has 122 valence electrons. The van der Waals surface area contributed by atoms with Gasteiger partial charge >= 0.3 is 0 Å². The molecule has 3 rings (SSSR count). The minimum atomic E-state index is -0.362. The van der Waals surface area contributed by atoms with Crippen molar-refractivity contribution in [2.24, 2.45) is 0 Å². The molecular formula is C20H17FO3. The normalized spacial score (nSPS) is 14.5. The maximum Gasteiger partial charge on any atom is 0.232 e. The van der Waals surface area contributed by atoms with Crippen molar-refractivity contribution >= 4 is 11.9 Å². The highest BCUT2D eigenvalue weighted by atomic mass is 19.1. The third kappa shape index (κ3) is 3.23. The van der Waals surface area contributed by atoms with Crippen LogP contribution in [0.2, 0.25) is 0 Å². The molecule has 1 aliphatic rings. The Hall–Kier alpha value is -2.88. The van der Waals surface area contributed by atoms with Crippen LogP contribution in [0.3, 0.4) is 0 Å². The van der Waals surface area contributed by atoms with Crippen LogP contribution in [0.5, 0.6) is 11.5 Å². The second kappa shape index (κ2) is 6.32. The highest BCUT2D eigenvalue weighted by molar-refractivity contribution is 6.15. The number of aryl methyl sites for hydroxylation is 1. The first-order valence-corrected chi connectivity index (χ1v) is 7.55. The van der Waals surface area contributed by atoms with Gasteiger partial charge in [-0.15, -0.1) is 0 Å². The number of fused-ring (bicyclic) bond motifs is 1. The van der Waals surface area contributed by atoms with Gasteiger partial charge < -0.3 is 9.47 Å². The van der Waals surface area contributed by atoms with E-state index in [0.29, 0.717) is 29.2 Å². The molecule has 0 atom stereocenters. The Morgan fingerprint density at radius 2 is 2.12 bits per heavy atom. The van der Waals surface area contributed by atoms with Gasteiger partial charge in [0.1, 0.15) is 23.9 Å². The second-order valence-corrected chi connectivity index (χ2v) is 5.85. The van der Waals surface area contributed by atoms with Crippen molar-refractivity contribution in [3.63, 3.8) is 0 Å². The third-order valence-electron chi connectivity index (χ3n) is 3.58. The van der Waals surface area contributed by atoms with Gasteiger partial charge in [-0.3, -0.25) is 4.79 Å². The Morgan fingerprint density at radius 3 is 2.83 bits per heavy atom. The predicted octanol–water partition coefficient (Wildman–Crippen LogP) is 4.71. The molecule has 0 radical (unpaired) electrons. The molecule has 0 aromatic heterocycles. The number of allylic oxidation sites excluding steroid dienone is 1. The van der Waals surface area contributed by atoms with Gasteiger partial charge in [0.25, 0.3) is 0 Å². The summed E-state index contributed by atoms with van der Waals surface area (Å²) in [5.74, 6) is 0.682. The molecule has 0 saturated carbocycles. The Labute approximate surface area is 140 Å². The van der Waals surface area contributed by atoms with Crippen molar-refractivity contribution in [1.82, 2.24) is 0 Å². The largest absolute Gasteiger partial charge is 0.489 e. The van der Waals surface area contributed by atoms with Crippen LogP contribution in [0, 0.1) is 12.7 Å². The molecule has 2 aromatic rings. The first-order chi connectivity index (χ1) is 11.4. The monoisotopic (exact) mass is 324 g/mol. The zero-order valence-corrected chi connectivity index (χ0v) is 13.6. The number of hydrogen-bond donors (Lipinski definition) is 0. The Balaban J connectivity index is 1.92. The van der Waals surface area contributed by atoms with E-state index in [0.717, 1.165) is 11.1 Å². The minimum Gasteiger partial charge on any atom is -0.489 e. The number of carbonyl (C=O) groups is 1. The van der Waals surface area contributed by atoms with Gasteiger partial charge in [0.15, 0.2) is 5.76 Å². The van der Waals surface area contributed by atoms with Crippen molar-refractivity contribution in [2.45, 2.75) is 13.8 Å². The molecular weight excluding hydrogens is 307 g/mol. The van der Waals surface area contributed by atoms with Gasteiger partial charge in [-0.25, -0.2) is 4.39 Å². The highest BCUT2D eigenvalue weighted by Gasteiger charge is 2.30. The van der Waals surface area contributed by atoms with E-state index in [-0.39, 0.29) is 17.4 Å². The lowest BCUT2D eigenvalue weighted by Gasteiger charge is -2.08. The zero-order chi connectivity index (χ0) is 17.3. The third-order valence-corrected chi connectivity index (χ3v) is 3.58. The predicted molar refractivity (Wildman–Crippen MR) is 90.8 cm³/mol. The minimum absolute atomic E-state index is 0.177. The maximum atomic E-state index is 13.3. The number of Topliss-reactive ketones (excluding diaryl/α,β-unsaturated/α-hetero) is 1. The number of rotatable bonds is 4. The van der Waals surface area contributed by atoms with Crippen LogP contribution in [0.1, 0.15) is 28.4 Å². The second-order valence-electron chi connectivity index (χ2n) is 5.85. The standard InChI is InChI=1S/C20H17FO3/c1-12(2)11-23-16-7-13(3)19-17(10-16)24-18(20(19)22)9-14-5-4-6-15(21)8-14/h4-10H,1,11H2,2-3H3/b18-9-. The number of carbonyl (C=O) groups excluding carboxylic acids is 1. The van der Waals surface area contributed by atoms with Crippen LogP contribution in [0.15, 0.2) is 54.3 Å². The van der Waals surface area contributed by atoms with Crippen molar-refractivity contribution in [2.75, 3.05) is 6.61 Å². The molecule has 3 nitrogen and oxygen atoms in total. The molecule has 2 aromatic carbocycles. The van der Waals surface area contributed by atoms with E-state index < -0.39 is 0 Å². The van der Waals surface area contributed by atoms with Crippen molar-refractivity contribution < 1.29 is 18.7 Å². The SMILES string of the molecule is C=C(C)COc1cc(C)c2c(c1)O/C(=C\c1cccc(F)c1)C2=O. The van der Waals surface area contributed by atoms with E-state index in [1.165, 1.54) is 12.1 Å². The highest BCUT2D eigenvalue weighted by Crippen LogP contribution is 2.37. The Kier molecular flexibility index (Phi) is 4.21. The van der Waals surface area contributed by atoms with Crippen molar-refractivity contribution in [1.29, 1.82) is 0 Å². The number of ether oxygens (including phenoxy) is 2. The lowest BCUT2D eigenvalue weighted by atomic mass is 10.0. The zero-order valence-electron chi connectivity index (χ0n) is 13.6. The molecule has 1 aliphatic heterocycles. The van der Waals surface area contributed by atoms with Crippen LogP contribution >= 0.6 is 0 Å². The van der Waals surface area contributed by atoms with Crippen molar-refractivity contribution in [3.05, 3.63) is 76.8 Å². The summed E-state index contributed by atoms with van der Waals surface area (Å²) >= 11 is 0. The Morgan fingerprint density at radius 1 is 1.33 bits per heavy atom. The average Bonchev–Trinajstić information content (AvgIpc) is 2.82. The summed E-state index contributed by atoms with van der Waals surface area (Å²) in [6.07, 6.45) is 1.54. The quantitative estimate of drug-likeness (QED) is 0.604. The molecule has 0 fully saturated rings. The molecule has 0 amide bonds. The Bertz CT molecular complexity index is 865. The van der Waals surface area contributed by atoms with Crippen LogP contribution in [-0.4, -0.2) is 12.4 Å². The summed E-state index contributed by atoms with van der Waals surface area (Å²) in [7, 11) is 0. The maximum absolute atomic E-state index is 13.3. The fraction of sp³-hybridized carbons (Fsp3) is 0.150. The van der Waals surface area contributed by atoms with Crippen molar-refractivity contribution in [3.8, 4) is 11.5 Å². The van der Waals surface area contributed by atoms with Crippen LogP contribution < -0.4 is 9.47 Å². The van der Waals surface area contributed by atoms with Crippen LogP contribution in [0.4, 0.5) is 4.39 Å². The fourth-order valence-corrected chi connectivity index (χ4v) is 2.52. The first kappa shape index (κ1) is 16.0. The van der Waals surface area contributed by atoms with E-state index in [9.17, 15) is 9.18 Å². The molecule has 4 heteroatoms. The van der Waals surface area contributed by atoms with Gasteiger partial charge in [0.2, 0.25) is 5.78 Å². The number of halogens is 1. The van der Waals surface area contributed by atoms with E-state index >= 15 is 0 Å². The van der Waals surface area contributed by atoms with Crippen LogP contribution in [0.25, 0.3) is 6.08 Å². The van der Waals surface area contributed by atoms with Gasteiger partial charge in [-0.2, -0.15) is 0 Å². The summed E-state index contributed by atoms with van der Waals surface area (Å²) in [6.45, 7) is 7.90. The molecule has 0 spiro atoms. The molecule has 0 unspecified atom stereocenters. The number of hydrogen-bond acceptors (Lipinski definition) is 3. The van der Waals surface area contributed by atoms with Gasteiger partial charge in [0.05, 0.1) is 5.56 Å². The number of benzene rings is 2. The smallest absolute Gasteiger partial charge is 0.232 e. The molecule has 1 heterocycles. The topological polar surface area (TPSA) is 35.5 Å². The van der Waals surface area contributed by atoms with Gasteiger partial charge in [0, 0.05) is 6.07 Å². The average molecular weight is 324 g/mol. The van der Waals surface area contributed by atoms with Gasteiger partial charge in [-0.05, 0) is 54.8 Å². The molecule has 0 bridgehead atoms. The molecule has 0 N–H and O–H groups in total. The summed E-state index contributed by atoms with van der Waals surface area (Å²) < 4.78 is 24.6. The molecule has 0 saturated heterocycles. The molecule has 24 heavy (non-hydrogen) atoms. The van der Waals surface area contributed by atoms with Gasteiger partial charge in [-0.1, -0.05) is 18.7 Å². The van der Waals surface area contributed by atoms with E-state index in [1.54, 1.807) is 30.3 Å². The van der Waals surface area contributed by atoms with E-state index in [4.69, 9.17) is 9.47 Å². The number of ketones is 1. The summed E-state index contributed by atoms with van der Waals surface area (Å²) in [6, 6.07) is 9.49.